The lowest BCUT2D eigenvalue weighted by atomic mass is 9.91. The third-order valence-corrected chi connectivity index (χ3v) is 2.76. The maximum absolute atomic E-state index is 11.1. The van der Waals surface area contributed by atoms with E-state index in [4.69, 9.17) is 11.5 Å². The molecule has 0 aliphatic carbocycles. The lowest BCUT2D eigenvalue weighted by Crippen LogP contribution is -2.54. The van der Waals surface area contributed by atoms with Crippen LogP contribution in [0.15, 0.2) is 28.7 Å². The normalized spacial score (nSPS) is 13.9. The molecule has 0 aliphatic rings. The Balaban J connectivity index is 3.14. The highest BCUT2D eigenvalue weighted by atomic mass is 79.9. The van der Waals surface area contributed by atoms with Gasteiger partial charge >= 0.3 is 6.03 Å². The zero-order valence-electron chi connectivity index (χ0n) is 8.44. The van der Waals surface area contributed by atoms with Gasteiger partial charge in [-0.05, 0) is 17.7 Å². The predicted molar refractivity (Wildman–Crippen MR) is 63.7 cm³/mol. The molecule has 0 saturated heterocycles. The average Bonchev–Trinajstić information content (AvgIpc) is 2.27. The molecule has 0 heterocycles. The number of benzene rings is 1. The highest BCUT2D eigenvalue weighted by Gasteiger charge is 2.31. The van der Waals surface area contributed by atoms with Crippen LogP contribution >= 0.6 is 15.9 Å². The van der Waals surface area contributed by atoms with E-state index >= 15 is 0 Å². The van der Waals surface area contributed by atoms with Gasteiger partial charge in [-0.25, -0.2) is 4.79 Å². The van der Waals surface area contributed by atoms with Crippen LogP contribution in [0.3, 0.4) is 0 Å². The van der Waals surface area contributed by atoms with Gasteiger partial charge in [-0.1, -0.05) is 28.1 Å². The van der Waals surface area contributed by atoms with Crippen molar-refractivity contribution in [1.82, 2.24) is 5.32 Å². The summed E-state index contributed by atoms with van der Waals surface area (Å²) in [5.74, 6) is 0. The first-order chi connectivity index (χ1) is 7.54. The Bertz CT molecular complexity index is 394. The van der Waals surface area contributed by atoms with Crippen molar-refractivity contribution >= 4 is 28.2 Å². The van der Waals surface area contributed by atoms with Gasteiger partial charge in [0.1, 0.15) is 5.54 Å². The molecular weight excluding hydrogens is 274 g/mol. The fourth-order valence-electron chi connectivity index (χ4n) is 1.35. The largest absolute Gasteiger partial charge is 0.352 e. The summed E-state index contributed by atoms with van der Waals surface area (Å²) in [6.07, 6.45) is 0.584. The molecule has 2 amide bonds. The average molecular weight is 286 g/mol. The minimum Gasteiger partial charge on any atom is -0.352 e. The quantitative estimate of drug-likeness (QED) is 0.702. The number of primary amides is 1. The third kappa shape index (κ3) is 2.59. The number of nitrogens with two attached hydrogens (primary N) is 2. The van der Waals surface area contributed by atoms with E-state index in [0.717, 1.165) is 4.47 Å². The maximum Gasteiger partial charge on any atom is 0.313 e. The summed E-state index contributed by atoms with van der Waals surface area (Å²) in [6, 6.07) is 6.11. The van der Waals surface area contributed by atoms with Gasteiger partial charge in [0, 0.05) is 11.0 Å². The molecule has 5 nitrogen and oxygen atoms in total. The van der Waals surface area contributed by atoms with E-state index in [1.807, 2.05) is 0 Å². The summed E-state index contributed by atoms with van der Waals surface area (Å²) >= 11 is 3.28. The van der Waals surface area contributed by atoms with Crippen LogP contribution in [0.2, 0.25) is 0 Å². The second-order valence-electron chi connectivity index (χ2n) is 3.29. The molecular formula is C10H12BrN3O2. The number of urea groups is 1. The highest BCUT2D eigenvalue weighted by Crippen LogP contribution is 2.20. The molecule has 0 aliphatic heterocycles. The van der Waals surface area contributed by atoms with Crippen molar-refractivity contribution in [1.29, 1.82) is 0 Å². The van der Waals surface area contributed by atoms with Gasteiger partial charge in [-0.2, -0.15) is 0 Å². The standard InChI is InChI=1S/C10H12BrN3O2/c11-8-3-1-7(2-4-8)10(5-12,6-15)14-9(13)16/h1-4,6H,5,12H2,(H3,13,14,16). The molecule has 6 heteroatoms. The molecule has 5 N–H and O–H groups in total. The summed E-state index contributed by atoms with van der Waals surface area (Å²) in [4.78, 5) is 22.0. The van der Waals surface area contributed by atoms with Crippen LogP contribution in [0.4, 0.5) is 4.79 Å². The smallest absolute Gasteiger partial charge is 0.313 e. The van der Waals surface area contributed by atoms with Gasteiger partial charge in [0.05, 0.1) is 0 Å². The Hall–Kier alpha value is -1.40. The van der Waals surface area contributed by atoms with Crippen LogP contribution in [0, 0.1) is 0 Å². The van der Waals surface area contributed by atoms with E-state index in [1.54, 1.807) is 24.3 Å². The topological polar surface area (TPSA) is 98.2 Å². The van der Waals surface area contributed by atoms with Crippen LogP contribution in [-0.4, -0.2) is 18.9 Å². The Morgan fingerprint density at radius 3 is 2.38 bits per heavy atom. The van der Waals surface area contributed by atoms with Gasteiger partial charge in [0.25, 0.3) is 0 Å². The van der Waals surface area contributed by atoms with Crippen LogP contribution in [0.1, 0.15) is 5.56 Å². The molecule has 0 radical (unpaired) electrons. The Morgan fingerprint density at radius 1 is 1.44 bits per heavy atom. The Labute approximate surface area is 101 Å². The summed E-state index contributed by atoms with van der Waals surface area (Å²) < 4.78 is 0.868. The fraction of sp³-hybridized carbons (Fsp3) is 0.200. The maximum atomic E-state index is 11.1. The highest BCUT2D eigenvalue weighted by molar-refractivity contribution is 9.10. The molecule has 1 unspecified atom stereocenters. The van der Waals surface area contributed by atoms with Crippen molar-refractivity contribution in [3.8, 4) is 0 Å². The molecule has 1 aromatic rings. The summed E-state index contributed by atoms with van der Waals surface area (Å²) in [7, 11) is 0. The molecule has 0 bridgehead atoms. The molecule has 0 spiro atoms. The molecule has 1 rings (SSSR count). The Morgan fingerprint density at radius 2 is 2.00 bits per heavy atom. The first kappa shape index (κ1) is 12.7. The van der Waals surface area contributed by atoms with Crippen LogP contribution in [0.5, 0.6) is 0 Å². The number of hydrogen-bond acceptors (Lipinski definition) is 3. The molecule has 16 heavy (non-hydrogen) atoms. The summed E-state index contributed by atoms with van der Waals surface area (Å²) in [5.41, 5.74) is 9.88. The van der Waals surface area contributed by atoms with Gasteiger partial charge in [0.2, 0.25) is 0 Å². The fourth-order valence-corrected chi connectivity index (χ4v) is 1.62. The van der Waals surface area contributed by atoms with Crippen LogP contribution < -0.4 is 16.8 Å². The number of amides is 2. The van der Waals surface area contributed by atoms with Crippen molar-refractivity contribution < 1.29 is 9.59 Å². The van der Waals surface area contributed by atoms with Gasteiger partial charge < -0.3 is 21.6 Å². The van der Waals surface area contributed by atoms with Crippen molar-refractivity contribution in [2.45, 2.75) is 5.54 Å². The number of rotatable bonds is 4. The number of carbonyl (C=O) groups excluding carboxylic acids is 2. The van der Waals surface area contributed by atoms with Crippen LogP contribution in [0.25, 0.3) is 0 Å². The minimum atomic E-state index is -1.26. The number of hydrogen-bond donors (Lipinski definition) is 3. The van der Waals surface area contributed by atoms with E-state index in [0.29, 0.717) is 11.8 Å². The summed E-state index contributed by atoms with van der Waals surface area (Å²) in [6.45, 7) is -0.0545. The van der Waals surface area contributed by atoms with E-state index in [9.17, 15) is 9.59 Å². The van der Waals surface area contributed by atoms with Crippen molar-refractivity contribution in [2.24, 2.45) is 11.5 Å². The minimum absolute atomic E-state index is 0.0545. The molecule has 0 saturated carbocycles. The first-order valence-corrected chi connectivity index (χ1v) is 5.33. The second-order valence-corrected chi connectivity index (χ2v) is 4.21. The summed E-state index contributed by atoms with van der Waals surface area (Å²) in [5, 5.41) is 2.36. The Kier molecular flexibility index (Phi) is 4.03. The van der Waals surface area contributed by atoms with Gasteiger partial charge in [-0.3, -0.25) is 0 Å². The second kappa shape index (κ2) is 5.09. The predicted octanol–water partition coefficient (Wildman–Crippen LogP) is 0.470. The van der Waals surface area contributed by atoms with E-state index < -0.39 is 11.6 Å². The van der Waals surface area contributed by atoms with Crippen molar-refractivity contribution in [3.05, 3.63) is 34.3 Å². The van der Waals surface area contributed by atoms with E-state index in [1.165, 1.54) is 0 Å². The SMILES string of the molecule is NCC(C=O)(NC(N)=O)c1ccc(Br)cc1. The molecule has 1 atom stereocenters. The third-order valence-electron chi connectivity index (χ3n) is 2.23. The molecule has 0 aromatic heterocycles. The number of carbonyl (C=O) groups is 2. The lowest BCUT2D eigenvalue weighted by Gasteiger charge is -2.27. The van der Waals surface area contributed by atoms with Gasteiger partial charge in [0.15, 0.2) is 6.29 Å². The van der Waals surface area contributed by atoms with Crippen LogP contribution in [-0.2, 0) is 10.3 Å². The van der Waals surface area contributed by atoms with Crippen molar-refractivity contribution in [2.75, 3.05) is 6.54 Å². The first-order valence-electron chi connectivity index (χ1n) is 4.54. The number of aldehydes is 1. The van der Waals surface area contributed by atoms with Gasteiger partial charge in [-0.15, -0.1) is 0 Å². The zero-order chi connectivity index (χ0) is 12.2. The zero-order valence-corrected chi connectivity index (χ0v) is 10.0. The lowest BCUT2D eigenvalue weighted by molar-refractivity contribution is -0.113. The van der Waals surface area contributed by atoms with Crippen molar-refractivity contribution in [3.63, 3.8) is 0 Å². The molecule has 86 valence electrons. The number of nitrogens with one attached hydrogen (secondary N) is 1. The monoisotopic (exact) mass is 285 g/mol. The number of halogens is 1. The molecule has 0 fully saturated rings. The molecule has 1 aromatic carbocycles. The van der Waals surface area contributed by atoms with E-state index in [-0.39, 0.29) is 6.54 Å². The van der Waals surface area contributed by atoms with E-state index in [2.05, 4.69) is 21.2 Å².